The molecule has 2 fully saturated rings. The lowest BCUT2D eigenvalue weighted by Crippen LogP contribution is -2.51. The van der Waals surface area contributed by atoms with Gasteiger partial charge in [-0.1, -0.05) is 43.3 Å². The second-order valence-electron chi connectivity index (χ2n) is 8.11. The monoisotopic (exact) mass is 456 g/mol. The Morgan fingerprint density at radius 2 is 2.09 bits per heavy atom. The molecule has 1 aromatic carbocycles. The van der Waals surface area contributed by atoms with E-state index >= 15 is 0 Å². The Morgan fingerprint density at radius 1 is 1.28 bits per heavy atom. The zero-order valence-corrected chi connectivity index (χ0v) is 18.9. The van der Waals surface area contributed by atoms with Crippen molar-refractivity contribution in [2.75, 3.05) is 19.7 Å². The lowest BCUT2D eigenvalue weighted by molar-refractivity contribution is -0.140. The molecule has 2 aliphatic rings. The van der Waals surface area contributed by atoms with Crippen LogP contribution in [0.2, 0.25) is 0 Å². The first-order chi connectivity index (χ1) is 15.5. The first-order valence-electron chi connectivity index (χ1n) is 10.9. The smallest absolute Gasteiger partial charge is 0.344 e. The first kappa shape index (κ1) is 22.4. The van der Waals surface area contributed by atoms with Crippen molar-refractivity contribution in [1.82, 2.24) is 20.7 Å². The number of imide groups is 1. The number of urea groups is 1. The Labute approximate surface area is 191 Å². The van der Waals surface area contributed by atoms with Crippen molar-refractivity contribution in [3.05, 3.63) is 58.3 Å². The number of carbonyl (C=O) groups is 3. The molecule has 4 amide bonds. The summed E-state index contributed by atoms with van der Waals surface area (Å²) in [6.45, 7) is 3.85. The summed E-state index contributed by atoms with van der Waals surface area (Å²) in [5.41, 5.74) is 2.04. The van der Waals surface area contributed by atoms with E-state index < -0.39 is 23.4 Å². The molecule has 2 saturated heterocycles. The van der Waals surface area contributed by atoms with Gasteiger partial charge in [-0.15, -0.1) is 11.3 Å². The summed E-state index contributed by atoms with van der Waals surface area (Å²) in [6, 6.07) is 12.5. The summed E-state index contributed by atoms with van der Waals surface area (Å²) < 4.78 is 5.74. The van der Waals surface area contributed by atoms with Crippen LogP contribution >= 0.6 is 11.3 Å². The zero-order valence-electron chi connectivity index (χ0n) is 18.1. The average Bonchev–Trinajstić information content (AvgIpc) is 3.54. The fourth-order valence-electron chi connectivity index (χ4n) is 4.29. The normalized spacial score (nSPS) is 23.1. The maximum atomic E-state index is 13.2. The van der Waals surface area contributed by atoms with Crippen LogP contribution in [0.15, 0.2) is 47.8 Å². The molecule has 2 aliphatic heterocycles. The van der Waals surface area contributed by atoms with Gasteiger partial charge in [-0.3, -0.25) is 19.9 Å². The number of ether oxygens (including phenoxy) is 1. The van der Waals surface area contributed by atoms with Crippen molar-refractivity contribution in [2.45, 2.75) is 44.4 Å². The molecule has 2 aromatic rings. The van der Waals surface area contributed by atoms with Gasteiger partial charge in [0.15, 0.2) is 0 Å². The molecule has 0 unspecified atom stereocenters. The van der Waals surface area contributed by atoms with E-state index in [1.54, 1.807) is 23.5 Å². The summed E-state index contributed by atoms with van der Waals surface area (Å²) in [4.78, 5) is 41.9. The minimum Gasteiger partial charge on any atom is -0.377 e. The van der Waals surface area contributed by atoms with Gasteiger partial charge in [0.05, 0.1) is 12.6 Å². The second-order valence-corrected chi connectivity index (χ2v) is 9.15. The molecule has 4 rings (SSSR count). The molecule has 0 bridgehead atoms. The van der Waals surface area contributed by atoms with Gasteiger partial charge >= 0.3 is 6.03 Å². The van der Waals surface area contributed by atoms with Gasteiger partial charge in [-0.25, -0.2) is 4.79 Å². The fraction of sp³-hybridized carbons (Fsp3) is 0.435. The fourth-order valence-corrected chi connectivity index (χ4v) is 5.03. The lowest BCUT2D eigenvalue weighted by atomic mass is 9.87. The predicted molar refractivity (Wildman–Crippen MR) is 121 cm³/mol. The van der Waals surface area contributed by atoms with E-state index in [4.69, 9.17) is 4.74 Å². The summed E-state index contributed by atoms with van der Waals surface area (Å²) in [7, 11) is 0. The van der Waals surface area contributed by atoms with Crippen LogP contribution in [0.5, 0.6) is 0 Å². The second kappa shape index (κ2) is 9.81. The number of nitrogens with zero attached hydrogens (tertiary/aromatic N) is 2. The van der Waals surface area contributed by atoms with Gasteiger partial charge in [0.2, 0.25) is 0 Å². The van der Waals surface area contributed by atoms with Gasteiger partial charge in [0.1, 0.15) is 5.54 Å². The van der Waals surface area contributed by atoms with Crippen molar-refractivity contribution in [3.63, 3.8) is 0 Å². The van der Waals surface area contributed by atoms with Crippen LogP contribution in [-0.2, 0) is 26.4 Å². The molecule has 0 radical (unpaired) electrons. The molecular formula is C23H28N4O4S. The van der Waals surface area contributed by atoms with Gasteiger partial charge < -0.3 is 10.1 Å². The highest BCUT2D eigenvalue weighted by Gasteiger charge is 2.52. The molecule has 170 valence electrons. The van der Waals surface area contributed by atoms with Crippen molar-refractivity contribution in [3.8, 4) is 0 Å². The van der Waals surface area contributed by atoms with E-state index in [0.29, 0.717) is 25.1 Å². The minimum atomic E-state index is -1.18. The number of amides is 4. The highest BCUT2D eigenvalue weighted by atomic mass is 32.1. The quantitative estimate of drug-likeness (QED) is 0.566. The van der Waals surface area contributed by atoms with Crippen LogP contribution < -0.4 is 10.7 Å². The number of hydrogen-bond acceptors (Lipinski definition) is 6. The summed E-state index contributed by atoms with van der Waals surface area (Å²) in [5.74, 6) is -0.892. The van der Waals surface area contributed by atoms with E-state index in [0.717, 1.165) is 29.3 Å². The SMILES string of the molecule is CC[C@@]1(c2ccccc2)NC(=O)N(NC(=O)CN(Cc2cccs2)C[C@H]2CCCO2)C1=O. The third-order valence-corrected chi connectivity index (χ3v) is 6.80. The Bertz CT molecular complexity index is 946. The molecule has 0 aliphatic carbocycles. The van der Waals surface area contributed by atoms with Gasteiger partial charge in [0, 0.05) is 24.6 Å². The Morgan fingerprint density at radius 3 is 2.75 bits per heavy atom. The van der Waals surface area contributed by atoms with E-state index in [-0.39, 0.29) is 12.6 Å². The molecule has 8 nitrogen and oxygen atoms in total. The molecular weight excluding hydrogens is 428 g/mol. The first-order valence-corrected chi connectivity index (χ1v) is 11.8. The van der Waals surface area contributed by atoms with Crippen molar-refractivity contribution < 1.29 is 19.1 Å². The molecule has 0 spiro atoms. The lowest BCUT2D eigenvalue weighted by Gasteiger charge is -2.26. The number of rotatable bonds is 9. The molecule has 2 N–H and O–H groups in total. The Kier molecular flexibility index (Phi) is 6.88. The molecule has 3 heterocycles. The molecule has 2 atom stereocenters. The van der Waals surface area contributed by atoms with E-state index in [1.807, 2.05) is 47.5 Å². The topological polar surface area (TPSA) is 91.0 Å². The van der Waals surface area contributed by atoms with Crippen molar-refractivity contribution in [1.29, 1.82) is 0 Å². The highest BCUT2D eigenvalue weighted by Crippen LogP contribution is 2.31. The third kappa shape index (κ3) is 4.69. The van der Waals surface area contributed by atoms with Crippen molar-refractivity contribution in [2.24, 2.45) is 0 Å². The number of benzene rings is 1. The Balaban J connectivity index is 1.44. The predicted octanol–water partition coefficient (Wildman–Crippen LogP) is 2.62. The van der Waals surface area contributed by atoms with E-state index in [1.165, 1.54) is 0 Å². The van der Waals surface area contributed by atoms with Crippen LogP contribution in [-0.4, -0.2) is 53.6 Å². The average molecular weight is 457 g/mol. The number of hydrogen-bond donors (Lipinski definition) is 2. The minimum absolute atomic E-state index is 0.0548. The number of nitrogens with one attached hydrogen (secondary N) is 2. The maximum Gasteiger partial charge on any atom is 0.344 e. The maximum absolute atomic E-state index is 13.2. The van der Waals surface area contributed by atoms with E-state index in [9.17, 15) is 14.4 Å². The summed E-state index contributed by atoms with van der Waals surface area (Å²) >= 11 is 1.63. The largest absolute Gasteiger partial charge is 0.377 e. The molecule has 1 aromatic heterocycles. The summed E-state index contributed by atoms with van der Waals surface area (Å²) in [5, 5.41) is 5.59. The van der Waals surface area contributed by atoms with Crippen LogP contribution in [0.25, 0.3) is 0 Å². The Hall–Kier alpha value is -2.75. The van der Waals surface area contributed by atoms with Crippen LogP contribution in [0.1, 0.15) is 36.6 Å². The van der Waals surface area contributed by atoms with Crippen LogP contribution in [0.3, 0.4) is 0 Å². The third-order valence-electron chi connectivity index (χ3n) is 5.94. The van der Waals surface area contributed by atoms with Crippen LogP contribution in [0, 0.1) is 0 Å². The number of carbonyl (C=O) groups excluding carboxylic acids is 3. The van der Waals surface area contributed by atoms with Gasteiger partial charge in [-0.05, 0) is 36.3 Å². The van der Waals surface area contributed by atoms with E-state index in [2.05, 4.69) is 10.7 Å². The zero-order chi connectivity index (χ0) is 22.6. The highest BCUT2D eigenvalue weighted by molar-refractivity contribution is 7.09. The molecule has 0 saturated carbocycles. The molecule has 32 heavy (non-hydrogen) atoms. The van der Waals surface area contributed by atoms with Crippen LogP contribution in [0.4, 0.5) is 4.79 Å². The number of hydrazine groups is 1. The van der Waals surface area contributed by atoms with Crippen molar-refractivity contribution >= 4 is 29.2 Å². The number of thiophene rings is 1. The summed E-state index contributed by atoms with van der Waals surface area (Å²) in [6.07, 6.45) is 2.44. The van der Waals surface area contributed by atoms with Gasteiger partial charge in [0.25, 0.3) is 11.8 Å². The molecule has 9 heteroatoms. The van der Waals surface area contributed by atoms with Gasteiger partial charge in [-0.2, -0.15) is 5.01 Å². The standard InChI is InChI=1S/C23H28N4O4S/c1-2-23(17-8-4-3-5-9-17)21(29)27(22(30)24-23)25-20(28)16-26(14-18-10-6-12-31-18)15-19-11-7-13-32-19/h3-5,7-9,11,13,18H,2,6,10,12,14-16H2,1H3,(H,24,30)(H,25,28)/t18-,23+/m1/s1.